The summed E-state index contributed by atoms with van der Waals surface area (Å²) in [6, 6.07) is -0.0754. The molecule has 8 heteroatoms. The Bertz CT molecular complexity index is 626. The third-order valence-electron chi connectivity index (χ3n) is 4.76. The minimum Gasteiger partial charge on any atom is -0.395 e. The molecule has 0 radical (unpaired) electrons. The van der Waals surface area contributed by atoms with Gasteiger partial charge in [-0.15, -0.1) is 0 Å². The van der Waals surface area contributed by atoms with E-state index in [-0.39, 0.29) is 17.5 Å². The molecule has 3 rings (SSSR count). The lowest BCUT2D eigenvalue weighted by molar-refractivity contribution is 0.215. The smallest absolute Gasteiger partial charge is 0.243 e. The van der Waals surface area contributed by atoms with Crippen LogP contribution in [0.25, 0.3) is 0 Å². The molecule has 1 aromatic heterocycles. The predicted octanol–water partition coefficient (Wildman–Crippen LogP) is 0.274. The maximum absolute atomic E-state index is 12.6. The average Bonchev–Trinajstić information content (AvgIpc) is 3.09. The maximum Gasteiger partial charge on any atom is 0.243 e. The number of rotatable bonds is 8. The zero-order valence-electron chi connectivity index (χ0n) is 13.6. The number of hydrogen-bond donors (Lipinski definition) is 2. The summed E-state index contributed by atoms with van der Waals surface area (Å²) < 4.78 is 29.8. The van der Waals surface area contributed by atoms with Crippen molar-refractivity contribution >= 4 is 10.0 Å². The Hall–Kier alpha value is -0.960. The van der Waals surface area contributed by atoms with Gasteiger partial charge in [-0.1, -0.05) is 6.92 Å². The highest BCUT2D eigenvalue weighted by Crippen LogP contribution is 2.41. The van der Waals surface area contributed by atoms with Crippen molar-refractivity contribution in [1.82, 2.24) is 19.4 Å². The SMILES string of the molecule is CCCn1cc(S(=O)(=O)N[C@H]2CN(CCO)C[C@@H]2C2CC2)cn1. The van der Waals surface area contributed by atoms with Crippen LogP contribution in [-0.4, -0.2) is 60.5 Å². The summed E-state index contributed by atoms with van der Waals surface area (Å²) in [5.74, 6) is 0.969. The summed E-state index contributed by atoms with van der Waals surface area (Å²) >= 11 is 0. The molecule has 1 aliphatic carbocycles. The Morgan fingerprint density at radius 3 is 2.78 bits per heavy atom. The molecule has 1 aromatic rings. The highest BCUT2D eigenvalue weighted by Gasteiger charge is 2.43. The lowest BCUT2D eigenvalue weighted by atomic mass is 9.99. The summed E-state index contributed by atoms with van der Waals surface area (Å²) in [5, 5.41) is 13.2. The van der Waals surface area contributed by atoms with Crippen molar-refractivity contribution in [3.63, 3.8) is 0 Å². The van der Waals surface area contributed by atoms with Gasteiger partial charge in [0.25, 0.3) is 0 Å². The second-order valence-corrected chi connectivity index (χ2v) is 8.37. The van der Waals surface area contributed by atoms with E-state index in [9.17, 15) is 8.42 Å². The summed E-state index contributed by atoms with van der Waals surface area (Å²) in [7, 11) is -3.54. The Labute approximate surface area is 137 Å². The quantitative estimate of drug-likeness (QED) is 0.708. The van der Waals surface area contributed by atoms with Crippen LogP contribution in [0.2, 0.25) is 0 Å². The van der Waals surface area contributed by atoms with Crippen molar-refractivity contribution in [2.45, 2.75) is 43.7 Å². The van der Waals surface area contributed by atoms with Crippen LogP contribution in [0.3, 0.4) is 0 Å². The number of aliphatic hydroxyl groups is 1. The molecule has 2 aliphatic rings. The molecule has 7 nitrogen and oxygen atoms in total. The first kappa shape index (κ1) is 16.9. The fraction of sp³-hybridized carbons (Fsp3) is 0.800. The second kappa shape index (κ2) is 6.88. The maximum atomic E-state index is 12.6. The molecule has 0 spiro atoms. The van der Waals surface area contributed by atoms with Gasteiger partial charge in [0.05, 0.1) is 12.8 Å². The van der Waals surface area contributed by atoms with Gasteiger partial charge >= 0.3 is 0 Å². The minimum absolute atomic E-state index is 0.0754. The van der Waals surface area contributed by atoms with Crippen molar-refractivity contribution < 1.29 is 13.5 Å². The lowest BCUT2D eigenvalue weighted by Crippen LogP contribution is -2.41. The molecule has 2 N–H and O–H groups in total. The average molecular weight is 342 g/mol. The van der Waals surface area contributed by atoms with E-state index < -0.39 is 10.0 Å². The highest BCUT2D eigenvalue weighted by molar-refractivity contribution is 7.89. The first-order valence-corrected chi connectivity index (χ1v) is 9.90. The van der Waals surface area contributed by atoms with Crippen molar-refractivity contribution in [2.24, 2.45) is 11.8 Å². The second-order valence-electron chi connectivity index (χ2n) is 6.65. The van der Waals surface area contributed by atoms with Crippen LogP contribution in [0.5, 0.6) is 0 Å². The van der Waals surface area contributed by atoms with Crippen molar-refractivity contribution in [2.75, 3.05) is 26.2 Å². The Morgan fingerprint density at radius 2 is 2.13 bits per heavy atom. The number of β-amino-alcohol motifs (C(OH)–C–C–N with tert-alkyl or cyclic N) is 1. The molecule has 2 atom stereocenters. The van der Waals surface area contributed by atoms with Gasteiger partial charge in [-0.3, -0.25) is 9.58 Å². The van der Waals surface area contributed by atoms with Crippen LogP contribution in [0, 0.1) is 11.8 Å². The van der Waals surface area contributed by atoms with Crippen molar-refractivity contribution in [3.05, 3.63) is 12.4 Å². The van der Waals surface area contributed by atoms with E-state index in [1.165, 1.54) is 19.0 Å². The van der Waals surface area contributed by atoms with Crippen LogP contribution in [0.4, 0.5) is 0 Å². The number of aliphatic hydroxyl groups excluding tert-OH is 1. The molecule has 130 valence electrons. The molecular weight excluding hydrogens is 316 g/mol. The first-order chi connectivity index (χ1) is 11.0. The number of aromatic nitrogens is 2. The van der Waals surface area contributed by atoms with E-state index in [4.69, 9.17) is 5.11 Å². The van der Waals surface area contributed by atoms with Crippen LogP contribution >= 0.6 is 0 Å². The van der Waals surface area contributed by atoms with Gasteiger partial charge in [0.1, 0.15) is 4.90 Å². The minimum atomic E-state index is -3.54. The zero-order valence-corrected chi connectivity index (χ0v) is 14.4. The monoisotopic (exact) mass is 342 g/mol. The first-order valence-electron chi connectivity index (χ1n) is 8.41. The molecule has 2 heterocycles. The van der Waals surface area contributed by atoms with Gasteiger partial charge in [0, 0.05) is 38.4 Å². The Balaban J connectivity index is 1.70. The Morgan fingerprint density at radius 1 is 1.35 bits per heavy atom. The van der Waals surface area contributed by atoms with E-state index in [0.717, 1.165) is 13.0 Å². The van der Waals surface area contributed by atoms with Crippen LogP contribution in [0.1, 0.15) is 26.2 Å². The third-order valence-corrected chi connectivity index (χ3v) is 6.21. The van der Waals surface area contributed by atoms with Gasteiger partial charge in [0.15, 0.2) is 0 Å². The van der Waals surface area contributed by atoms with Crippen molar-refractivity contribution in [3.8, 4) is 0 Å². The van der Waals surface area contributed by atoms with E-state index in [2.05, 4.69) is 14.7 Å². The van der Waals surface area contributed by atoms with Crippen LogP contribution in [0.15, 0.2) is 17.3 Å². The molecule has 0 aromatic carbocycles. The molecule has 1 saturated heterocycles. The van der Waals surface area contributed by atoms with Crippen LogP contribution in [-0.2, 0) is 16.6 Å². The largest absolute Gasteiger partial charge is 0.395 e. The molecule has 0 amide bonds. The van der Waals surface area contributed by atoms with Crippen molar-refractivity contribution in [1.29, 1.82) is 0 Å². The number of aryl methyl sites for hydroxylation is 1. The third kappa shape index (κ3) is 3.93. The number of likely N-dealkylation sites (tertiary alicyclic amines) is 1. The van der Waals surface area contributed by atoms with Crippen LogP contribution < -0.4 is 4.72 Å². The Kier molecular flexibility index (Phi) is 5.05. The molecule has 0 bridgehead atoms. The molecular formula is C15H26N4O3S. The summed E-state index contributed by atoms with van der Waals surface area (Å²) in [6.45, 7) is 5.00. The predicted molar refractivity (Wildman–Crippen MR) is 86.4 cm³/mol. The summed E-state index contributed by atoms with van der Waals surface area (Å²) in [5.41, 5.74) is 0. The molecule has 2 fully saturated rings. The fourth-order valence-corrected chi connectivity index (χ4v) is 4.70. The van der Waals surface area contributed by atoms with E-state index in [1.807, 2.05) is 6.92 Å². The fourth-order valence-electron chi connectivity index (χ4n) is 3.47. The highest BCUT2D eigenvalue weighted by atomic mass is 32.2. The number of nitrogens with one attached hydrogen (secondary N) is 1. The number of sulfonamides is 1. The molecule has 23 heavy (non-hydrogen) atoms. The molecule has 1 aliphatic heterocycles. The molecule has 1 saturated carbocycles. The number of hydrogen-bond acceptors (Lipinski definition) is 5. The van der Waals surface area contributed by atoms with Gasteiger partial charge in [-0.25, -0.2) is 13.1 Å². The summed E-state index contributed by atoms with van der Waals surface area (Å²) in [6.07, 6.45) is 6.30. The zero-order chi connectivity index (χ0) is 16.4. The van der Waals surface area contributed by atoms with E-state index in [1.54, 1.807) is 10.9 Å². The van der Waals surface area contributed by atoms with Gasteiger partial charge in [0.2, 0.25) is 10.0 Å². The van der Waals surface area contributed by atoms with E-state index >= 15 is 0 Å². The normalized spacial score (nSPS) is 26.0. The number of nitrogens with zero attached hydrogens (tertiary/aromatic N) is 3. The van der Waals surface area contributed by atoms with Gasteiger partial charge in [-0.2, -0.15) is 5.10 Å². The summed E-state index contributed by atoms with van der Waals surface area (Å²) in [4.78, 5) is 2.39. The van der Waals surface area contributed by atoms with Gasteiger partial charge in [-0.05, 0) is 31.1 Å². The molecule has 0 unspecified atom stereocenters. The lowest BCUT2D eigenvalue weighted by Gasteiger charge is -2.18. The van der Waals surface area contributed by atoms with Gasteiger partial charge < -0.3 is 5.11 Å². The van der Waals surface area contributed by atoms with E-state index in [0.29, 0.717) is 31.5 Å². The standard InChI is InChI=1S/C15H26N4O3S/c1-2-5-19-9-13(8-16-19)23(21,22)17-15-11-18(6-7-20)10-14(15)12-3-4-12/h8-9,12,14-15,17,20H,2-7,10-11H2,1H3/t14-,15+/m1/s1. The topological polar surface area (TPSA) is 87.5 Å².